The third kappa shape index (κ3) is 2.67. The summed E-state index contributed by atoms with van der Waals surface area (Å²) in [4.78, 5) is 0.318. The molecule has 0 bridgehead atoms. The fraction of sp³-hybridized carbons (Fsp3) is 0.300. The number of rotatable bonds is 3. The van der Waals surface area contributed by atoms with Crippen LogP contribution in [0.5, 0.6) is 0 Å². The summed E-state index contributed by atoms with van der Waals surface area (Å²) in [5.41, 5.74) is 1.24. The number of hydrogen-bond donors (Lipinski definition) is 0. The Balaban J connectivity index is 2.55. The van der Waals surface area contributed by atoms with E-state index in [1.54, 1.807) is 0 Å². The van der Waals surface area contributed by atoms with Crippen molar-refractivity contribution in [1.29, 1.82) is 5.26 Å². The molecule has 0 saturated carbocycles. The predicted molar refractivity (Wildman–Crippen MR) is 53.0 cm³/mol. The van der Waals surface area contributed by atoms with Gasteiger partial charge in [-0.2, -0.15) is 5.26 Å². The Morgan fingerprint density at radius 3 is 2.58 bits per heavy atom. The molecular formula is C10H10BrN. The highest BCUT2D eigenvalue weighted by atomic mass is 79.9. The first-order valence-electron chi connectivity index (χ1n) is 3.90. The lowest BCUT2D eigenvalue weighted by molar-refractivity contribution is 0.842. The second kappa shape index (κ2) is 4.95. The minimum absolute atomic E-state index is 0.318. The molecule has 0 N–H and O–H groups in total. The Hall–Kier alpha value is -0.810. The standard InChI is InChI=1S/C10H10BrN/c11-10(7-4-8-12)9-5-2-1-3-6-9/h1-3,5-6,10H,4,7H2. The minimum atomic E-state index is 0.318. The third-order valence-corrected chi connectivity index (χ3v) is 2.66. The SMILES string of the molecule is N#CCCC(Br)c1ccccc1. The Bertz CT molecular complexity index is 263. The third-order valence-electron chi connectivity index (χ3n) is 1.67. The van der Waals surface area contributed by atoms with E-state index in [9.17, 15) is 0 Å². The summed E-state index contributed by atoms with van der Waals surface area (Å²) in [5, 5.41) is 8.39. The predicted octanol–water partition coefficient (Wildman–Crippen LogP) is 3.43. The summed E-state index contributed by atoms with van der Waals surface area (Å²) in [6, 6.07) is 12.3. The molecule has 0 saturated heterocycles. The lowest BCUT2D eigenvalue weighted by Gasteiger charge is -2.06. The van der Waals surface area contributed by atoms with Gasteiger partial charge in [-0.1, -0.05) is 46.3 Å². The Kier molecular flexibility index (Phi) is 3.83. The average molecular weight is 224 g/mol. The lowest BCUT2D eigenvalue weighted by atomic mass is 10.1. The number of nitriles is 1. The van der Waals surface area contributed by atoms with Crippen LogP contribution in [0.4, 0.5) is 0 Å². The number of nitrogens with zero attached hydrogens (tertiary/aromatic N) is 1. The fourth-order valence-corrected chi connectivity index (χ4v) is 1.55. The van der Waals surface area contributed by atoms with E-state index < -0.39 is 0 Å². The summed E-state index contributed by atoms with van der Waals surface area (Å²) < 4.78 is 0. The van der Waals surface area contributed by atoms with Crippen LogP contribution in [0.25, 0.3) is 0 Å². The van der Waals surface area contributed by atoms with E-state index in [0.29, 0.717) is 11.2 Å². The van der Waals surface area contributed by atoms with E-state index >= 15 is 0 Å². The smallest absolute Gasteiger partial charge is 0.0622 e. The lowest BCUT2D eigenvalue weighted by Crippen LogP contribution is -1.87. The van der Waals surface area contributed by atoms with E-state index in [0.717, 1.165) is 6.42 Å². The first kappa shape index (κ1) is 9.28. The first-order chi connectivity index (χ1) is 5.84. The Morgan fingerprint density at radius 1 is 1.33 bits per heavy atom. The van der Waals surface area contributed by atoms with Gasteiger partial charge in [-0.15, -0.1) is 0 Å². The summed E-state index contributed by atoms with van der Waals surface area (Å²) in [6.07, 6.45) is 1.48. The summed E-state index contributed by atoms with van der Waals surface area (Å²) in [7, 11) is 0. The molecule has 1 unspecified atom stereocenters. The second-order valence-corrected chi connectivity index (χ2v) is 3.68. The van der Waals surface area contributed by atoms with Crippen molar-refractivity contribution < 1.29 is 0 Å². The molecule has 1 atom stereocenters. The van der Waals surface area contributed by atoms with Gasteiger partial charge in [0.2, 0.25) is 0 Å². The van der Waals surface area contributed by atoms with Crippen molar-refractivity contribution in [3.63, 3.8) is 0 Å². The highest BCUT2D eigenvalue weighted by Crippen LogP contribution is 2.26. The average Bonchev–Trinajstić information content (AvgIpc) is 2.15. The molecule has 0 aliphatic carbocycles. The number of halogens is 1. The molecule has 0 amide bonds. The van der Waals surface area contributed by atoms with Crippen LogP contribution in [0.3, 0.4) is 0 Å². The van der Waals surface area contributed by atoms with Crippen LogP contribution < -0.4 is 0 Å². The summed E-state index contributed by atoms with van der Waals surface area (Å²) in [6.45, 7) is 0. The summed E-state index contributed by atoms with van der Waals surface area (Å²) >= 11 is 3.54. The molecule has 0 aliphatic heterocycles. The van der Waals surface area contributed by atoms with Gasteiger partial charge in [0.25, 0.3) is 0 Å². The highest BCUT2D eigenvalue weighted by molar-refractivity contribution is 9.09. The van der Waals surface area contributed by atoms with E-state index in [2.05, 4.69) is 34.1 Å². The topological polar surface area (TPSA) is 23.8 Å². The van der Waals surface area contributed by atoms with Crippen molar-refractivity contribution in [2.24, 2.45) is 0 Å². The van der Waals surface area contributed by atoms with Crippen LogP contribution in [0, 0.1) is 11.3 Å². The monoisotopic (exact) mass is 223 g/mol. The molecule has 62 valence electrons. The normalized spacial score (nSPS) is 12.0. The first-order valence-corrected chi connectivity index (χ1v) is 4.82. The maximum absolute atomic E-state index is 8.39. The van der Waals surface area contributed by atoms with Crippen LogP contribution >= 0.6 is 15.9 Å². The van der Waals surface area contributed by atoms with Gasteiger partial charge in [0.1, 0.15) is 0 Å². The van der Waals surface area contributed by atoms with Gasteiger partial charge in [0, 0.05) is 11.2 Å². The molecule has 1 aromatic carbocycles. The van der Waals surface area contributed by atoms with E-state index in [1.165, 1.54) is 5.56 Å². The van der Waals surface area contributed by atoms with Gasteiger partial charge in [0.15, 0.2) is 0 Å². The number of benzene rings is 1. The molecule has 0 radical (unpaired) electrons. The van der Waals surface area contributed by atoms with E-state index in [4.69, 9.17) is 5.26 Å². The van der Waals surface area contributed by atoms with Gasteiger partial charge in [0.05, 0.1) is 6.07 Å². The van der Waals surface area contributed by atoms with Gasteiger partial charge < -0.3 is 0 Å². The van der Waals surface area contributed by atoms with Crippen molar-refractivity contribution >= 4 is 15.9 Å². The molecule has 1 rings (SSSR count). The van der Waals surface area contributed by atoms with Crippen LogP contribution in [0.15, 0.2) is 30.3 Å². The zero-order valence-corrected chi connectivity index (χ0v) is 8.29. The maximum Gasteiger partial charge on any atom is 0.0622 e. The van der Waals surface area contributed by atoms with Gasteiger partial charge >= 0.3 is 0 Å². The van der Waals surface area contributed by atoms with E-state index in [1.807, 2.05) is 18.2 Å². The van der Waals surface area contributed by atoms with Crippen LogP contribution in [0.2, 0.25) is 0 Å². The molecule has 1 nitrogen and oxygen atoms in total. The van der Waals surface area contributed by atoms with Gasteiger partial charge in [-0.3, -0.25) is 0 Å². The van der Waals surface area contributed by atoms with E-state index in [-0.39, 0.29) is 0 Å². The second-order valence-electron chi connectivity index (χ2n) is 2.58. The molecular weight excluding hydrogens is 214 g/mol. The molecule has 0 spiro atoms. The van der Waals surface area contributed by atoms with Crippen molar-refractivity contribution in [3.05, 3.63) is 35.9 Å². The minimum Gasteiger partial charge on any atom is -0.198 e. The van der Waals surface area contributed by atoms with Crippen molar-refractivity contribution in [2.75, 3.05) is 0 Å². The fourth-order valence-electron chi connectivity index (χ4n) is 1.02. The van der Waals surface area contributed by atoms with Crippen LogP contribution in [-0.2, 0) is 0 Å². The quantitative estimate of drug-likeness (QED) is 0.721. The molecule has 2 heteroatoms. The Morgan fingerprint density at radius 2 is 2.00 bits per heavy atom. The van der Waals surface area contributed by atoms with Crippen molar-refractivity contribution in [2.45, 2.75) is 17.7 Å². The number of alkyl halides is 1. The highest BCUT2D eigenvalue weighted by Gasteiger charge is 2.04. The molecule has 1 aromatic rings. The van der Waals surface area contributed by atoms with Crippen LogP contribution in [-0.4, -0.2) is 0 Å². The van der Waals surface area contributed by atoms with Crippen LogP contribution in [0.1, 0.15) is 23.2 Å². The maximum atomic E-state index is 8.39. The molecule has 0 fully saturated rings. The molecule has 0 aromatic heterocycles. The van der Waals surface area contributed by atoms with Crippen molar-refractivity contribution in [3.8, 4) is 6.07 Å². The summed E-state index contributed by atoms with van der Waals surface area (Å²) in [5.74, 6) is 0. The van der Waals surface area contributed by atoms with Gasteiger partial charge in [-0.25, -0.2) is 0 Å². The molecule has 0 aliphatic rings. The molecule has 0 heterocycles. The zero-order valence-electron chi connectivity index (χ0n) is 6.70. The largest absolute Gasteiger partial charge is 0.198 e. The number of hydrogen-bond acceptors (Lipinski definition) is 1. The molecule has 12 heavy (non-hydrogen) atoms. The Labute approximate surface area is 81.2 Å². The van der Waals surface area contributed by atoms with Crippen molar-refractivity contribution in [1.82, 2.24) is 0 Å². The van der Waals surface area contributed by atoms with Gasteiger partial charge in [-0.05, 0) is 12.0 Å². The zero-order chi connectivity index (χ0) is 8.81.